The lowest BCUT2D eigenvalue weighted by Gasteiger charge is -2.53. The lowest BCUT2D eigenvalue weighted by molar-refractivity contribution is -0.111. The van der Waals surface area contributed by atoms with Gasteiger partial charge in [-0.3, -0.25) is 9.80 Å². The molecule has 6 aromatic rings. The molecule has 73 heavy (non-hydrogen) atoms. The lowest BCUT2D eigenvalue weighted by Crippen LogP contribution is -2.55. The second-order valence-electron chi connectivity index (χ2n) is 23.1. The van der Waals surface area contributed by atoms with Gasteiger partial charge in [0.05, 0.1) is 13.1 Å². The largest absolute Gasteiger partial charge is 0.508 e. The summed E-state index contributed by atoms with van der Waals surface area (Å²) in [7, 11) is 0. The number of carbonyl (C=O) groups is 2. The first-order valence-electron chi connectivity index (χ1n) is 27.6. The molecule has 2 N–H and O–H groups in total. The van der Waals surface area contributed by atoms with Gasteiger partial charge in [-0.1, -0.05) is 97.1 Å². The van der Waals surface area contributed by atoms with Gasteiger partial charge in [-0.2, -0.15) is 0 Å². The number of anilines is 2. The first-order valence-corrected chi connectivity index (χ1v) is 27.6. The predicted molar refractivity (Wildman–Crippen MR) is 292 cm³/mol. The van der Waals surface area contributed by atoms with E-state index in [0.29, 0.717) is 30.5 Å². The topological polar surface area (TPSA) is 87.6 Å². The maximum absolute atomic E-state index is 12.7. The first-order chi connectivity index (χ1) is 35.8. The Morgan fingerprint density at radius 2 is 1.11 bits per heavy atom. The second kappa shape index (κ2) is 20.2. The number of phenolic OH excluding ortho intramolecular Hbond substituents is 2. The Balaban J connectivity index is 0.770. The van der Waals surface area contributed by atoms with Crippen LogP contribution in [0.5, 0.6) is 11.5 Å². The van der Waals surface area contributed by atoms with Crippen molar-refractivity contribution in [1.29, 1.82) is 0 Å². The molecule has 6 aliphatic rings. The number of aldehydes is 2. The monoisotopic (exact) mass is 973 g/mol. The minimum Gasteiger partial charge on any atom is -0.508 e. The van der Waals surface area contributed by atoms with Crippen molar-refractivity contribution in [2.75, 3.05) is 68.7 Å². The molecule has 0 saturated carbocycles. The van der Waals surface area contributed by atoms with Crippen LogP contribution in [0.25, 0.3) is 0 Å². The number of fused-ring (bicyclic) bond motifs is 2. The van der Waals surface area contributed by atoms with Crippen LogP contribution in [0.2, 0.25) is 0 Å². The third-order valence-electron chi connectivity index (χ3n) is 19.1. The summed E-state index contributed by atoms with van der Waals surface area (Å²) >= 11 is 0. The summed E-state index contributed by atoms with van der Waals surface area (Å²) in [5.41, 5.74) is 13.4. The van der Waals surface area contributed by atoms with Crippen LogP contribution < -0.4 is 9.80 Å². The average molecular weight is 973 g/mol. The molecule has 2 aliphatic carbocycles. The van der Waals surface area contributed by atoms with E-state index < -0.39 is 0 Å². The second-order valence-corrected chi connectivity index (χ2v) is 23.1. The summed E-state index contributed by atoms with van der Waals surface area (Å²) in [6.07, 6.45) is 13.0. The molecule has 5 unspecified atom stereocenters. The van der Waals surface area contributed by atoms with Crippen molar-refractivity contribution in [3.63, 3.8) is 0 Å². The standard InChI is InChI=1S/C65H72N4O4/c70-38-36-66-33-29-65(43-66)27-7-32-68(45-65)52-19-14-49(15-20-52)63-57-25-22-54(73)41-59(57)60(42-58(63)47-10-5-2-6-11-47)61-26-28-64(44-69(61)37-39-71)30-34-67(35-31-64)51-17-12-48(13-18-51)62-55(46-8-3-1-4-9-46)23-16-50-40-53(72)21-24-56(50)62/h1-6,8-15,17-22,24-25,38-41,55,58,60-63,72-73H,7,16,23,26-37,42-45H2/t55?,58-,60?,61?,62+,63?,65?/m0/s1. The van der Waals surface area contributed by atoms with Crippen LogP contribution in [0.15, 0.2) is 146 Å². The van der Waals surface area contributed by atoms with E-state index in [1.54, 1.807) is 0 Å². The van der Waals surface area contributed by atoms with E-state index in [9.17, 15) is 19.8 Å². The highest BCUT2D eigenvalue weighted by Crippen LogP contribution is 2.56. The molecule has 0 amide bonds. The zero-order valence-corrected chi connectivity index (χ0v) is 42.4. The molecule has 0 bridgehead atoms. The zero-order chi connectivity index (χ0) is 49.5. The van der Waals surface area contributed by atoms with Crippen molar-refractivity contribution < 1.29 is 19.8 Å². The van der Waals surface area contributed by atoms with E-state index in [-0.39, 0.29) is 40.5 Å². The van der Waals surface area contributed by atoms with Gasteiger partial charge in [0.25, 0.3) is 0 Å². The lowest BCUT2D eigenvalue weighted by atomic mass is 9.61. The average Bonchev–Trinajstić information content (AvgIpc) is 3.81. The molecule has 4 fully saturated rings. The Hall–Kier alpha value is -6.22. The molecule has 7 atom stereocenters. The zero-order valence-electron chi connectivity index (χ0n) is 42.4. The van der Waals surface area contributed by atoms with Crippen LogP contribution in [0.4, 0.5) is 11.4 Å². The van der Waals surface area contributed by atoms with Gasteiger partial charge >= 0.3 is 0 Å². The van der Waals surface area contributed by atoms with Crippen molar-refractivity contribution in [3.05, 3.63) is 190 Å². The van der Waals surface area contributed by atoms with Gasteiger partial charge in [0.1, 0.15) is 24.1 Å². The number of piperidine rings is 3. The van der Waals surface area contributed by atoms with E-state index in [2.05, 4.69) is 147 Å². The SMILES string of the molecule is O=CCN1CCC2(CCCN(c3ccc(C4c5ccc(O)cc5C(C5CCC6(CCN(c7ccc([C@H]8c9ccc(O)cc9CCC8c8ccccc8)cc7)CC6)CN5CC=O)C[C@H]4c4ccccc4)cc3)C2)C1. The first kappa shape index (κ1) is 47.8. The highest BCUT2D eigenvalue weighted by molar-refractivity contribution is 5.57. The van der Waals surface area contributed by atoms with Crippen LogP contribution in [-0.2, 0) is 16.0 Å². The number of rotatable bonds is 11. The Kier molecular flexibility index (Phi) is 13.2. The predicted octanol–water partition coefficient (Wildman–Crippen LogP) is 11.8. The molecule has 4 aliphatic heterocycles. The third-order valence-corrected chi connectivity index (χ3v) is 19.1. The van der Waals surface area contributed by atoms with Gasteiger partial charge in [-0.05, 0) is 181 Å². The molecule has 0 aromatic heterocycles. The molecular formula is C65H72N4O4. The molecule has 0 radical (unpaired) electrons. The Bertz CT molecular complexity index is 2880. The molecule has 6 aromatic carbocycles. The summed E-state index contributed by atoms with van der Waals surface area (Å²) in [5, 5.41) is 21.6. The highest BCUT2D eigenvalue weighted by Gasteiger charge is 2.48. The smallest absolute Gasteiger partial charge is 0.133 e. The van der Waals surface area contributed by atoms with Gasteiger partial charge in [-0.25, -0.2) is 0 Å². The fraction of sp³-hybridized carbons (Fsp3) is 0.415. The number of hydrogen-bond acceptors (Lipinski definition) is 8. The van der Waals surface area contributed by atoms with E-state index >= 15 is 0 Å². The number of likely N-dealkylation sites (tertiary alicyclic amines) is 2. The fourth-order valence-corrected chi connectivity index (χ4v) is 15.5. The van der Waals surface area contributed by atoms with Crippen LogP contribution in [0.3, 0.4) is 0 Å². The van der Waals surface area contributed by atoms with E-state index in [0.717, 1.165) is 110 Å². The quantitative estimate of drug-likeness (QED) is 0.124. The Labute approximate surface area is 432 Å². The number of aromatic hydroxyl groups is 2. The van der Waals surface area contributed by atoms with Crippen LogP contribution >= 0.6 is 0 Å². The van der Waals surface area contributed by atoms with Gasteiger partial charge in [0, 0.05) is 79.9 Å². The van der Waals surface area contributed by atoms with Crippen LogP contribution in [-0.4, -0.2) is 97.5 Å². The summed E-state index contributed by atoms with van der Waals surface area (Å²) in [4.78, 5) is 34.1. The molecule has 12 rings (SSSR count). The van der Waals surface area contributed by atoms with Crippen LogP contribution in [0, 0.1) is 10.8 Å². The molecule has 376 valence electrons. The Morgan fingerprint density at radius 1 is 0.493 bits per heavy atom. The molecule has 2 spiro atoms. The number of nitrogens with zero attached hydrogens (tertiary/aromatic N) is 4. The number of hydrogen-bond donors (Lipinski definition) is 2. The Morgan fingerprint density at radius 3 is 1.79 bits per heavy atom. The van der Waals surface area contributed by atoms with Gasteiger partial charge in [-0.15, -0.1) is 0 Å². The molecule has 4 heterocycles. The van der Waals surface area contributed by atoms with Crippen molar-refractivity contribution in [2.24, 2.45) is 10.8 Å². The number of phenols is 2. The maximum atomic E-state index is 12.7. The van der Waals surface area contributed by atoms with Gasteiger partial charge in [0.15, 0.2) is 0 Å². The summed E-state index contributed by atoms with van der Waals surface area (Å²) in [6, 6.07) is 53.1. The normalized spacial score (nSPS) is 27.1. The third kappa shape index (κ3) is 9.39. The molecule has 4 saturated heterocycles. The van der Waals surface area contributed by atoms with Crippen molar-refractivity contribution in [2.45, 2.75) is 99.8 Å². The van der Waals surface area contributed by atoms with Crippen LogP contribution in [0.1, 0.15) is 132 Å². The minimum absolute atomic E-state index is 0.119. The van der Waals surface area contributed by atoms with E-state index in [1.165, 1.54) is 68.7 Å². The van der Waals surface area contributed by atoms with Crippen molar-refractivity contribution in [3.8, 4) is 11.5 Å². The summed E-state index contributed by atoms with van der Waals surface area (Å²) in [5.74, 6) is 1.76. The van der Waals surface area contributed by atoms with Gasteiger partial charge < -0.3 is 29.6 Å². The molecule has 8 nitrogen and oxygen atoms in total. The number of aryl methyl sites for hydroxylation is 1. The number of benzene rings is 6. The number of carbonyl (C=O) groups excluding carboxylic acids is 2. The van der Waals surface area contributed by atoms with E-state index in [1.807, 2.05) is 18.2 Å². The molecule has 8 heteroatoms. The fourth-order valence-electron chi connectivity index (χ4n) is 15.5. The summed E-state index contributed by atoms with van der Waals surface area (Å²) < 4.78 is 0. The highest BCUT2D eigenvalue weighted by atomic mass is 16.3. The maximum Gasteiger partial charge on any atom is 0.133 e. The van der Waals surface area contributed by atoms with E-state index in [4.69, 9.17) is 0 Å². The van der Waals surface area contributed by atoms with Crippen molar-refractivity contribution >= 4 is 23.9 Å². The minimum atomic E-state index is 0.119. The summed E-state index contributed by atoms with van der Waals surface area (Å²) in [6.45, 7) is 7.97. The molecular weight excluding hydrogens is 901 g/mol. The van der Waals surface area contributed by atoms with Gasteiger partial charge in [0.2, 0.25) is 0 Å². The van der Waals surface area contributed by atoms with Crippen molar-refractivity contribution in [1.82, 2.24) is 9.80 Å².